The molecule has 1 heterocycles. The number of amides is 1. The number of likely N-dealkylation sites (N-methyl/N-ethyl adjacent to an activating group) is 1. The minimum absolute atomic E-state index is 0.247. The number of primary amides is 1. The Morgan fingerprint density at radius 3 is 2.20 bits per heavy atom. The molecule has 6 heteroatoms. The fourth-order valence-electron chi connectivity index (χ4n) is 2.42. The summed E-state index contributed by atoms with van der Waals surface area (Å²) < 4.78 is 0. The van der Waals surface area contributed by atoms with E-state index in [4.69, 9.17) is 5.73 Å². The van der Waals surface area contributed by atoms with Crippen LogP contribution in [0.4, 0.5) is 0 Å². The molecule has 1 fully saturated rings. The van der Waals surface area contributed by atoms with Gasteiger partial charge in [-0.25, -0.2) is 0 Å². The van der Waals surface area contributed by atoms with Crippen molar-refractivity contribution in [3.63, 3.8) is 0 Å². The number of nitrogens with zero attached hydrogens (tertiary/aromatic N) is 3. The Balaban J connectivity index is 2.31. The Hall–Kier alpha value is -0.690. The van der Waals surface area contributed by atoms with E-state index in [0.717, 1.165) is 45.8 Å². The van der Waals surface area contributed by atoms with Gasteiger partial charge in [-0.1, -0.05) is 13.8 Å². The summed E-state index contributed by atoms with van der Waals surface area (Å²) in [5.74, 6) is -0.256. The molecule has 1 amide bonds. The summed E-state index contributed by atoms with van der Waals surface area (Å²) in [4.78, 5) is 18.5. The molecule has 0 saturated carbocycles. The Kier molecular flexibility index (Phi) is 7.43. The van der Waals surface area contributed by atoms with Crippen LogP contribution < -0.4 is 11.1 Å². The average molecular weight is 285 g/mol. The van der Waals surface area contributed by atoms with Crippen LogP contribution in [0.25, 0.3) is 0 Å². The summed E-state index contributed by atoms with van der Waals surface area (Å²) in [6.07, 6.45) is 0. The van der Waals surface area contributed by atoms with E-state index in [-0.39, 0.29) is 18.0 Å². The van der Waals surface area contributed by atoms with Gasteiger partial charge < -0.3 is 16.0 Å². The number of piperazine rings is 1. The van der Waals surface area contributed by atoms with E-state index in [1.54, 1.807) is 0 Å². The van der Waals surface area contributed by atoms with E-state index in [0.29, 0.717) is 0 Å². The lowest BCUT2D eigenvalue weighted by atomic mass is 10.2. The fraction of sp³-hybridized carbons (Fsp3) is 0.929. The average Bonchev–Trinajstić information content (AvgIpc) is 2.36. The van der Waals surface area contributed by atoms with Crippen LogP contribution in [0.15, 0.2) is 0 Å². The fourth-order valence-corrected chi connectivity index (χ4v) is 2.42. The molecule has 0 aromatic heterocycles. The number of nitrogens with one attached hydrogen (secondary N) is 1. The standard InChI is InChI=1S/C14H31N5O/c1-12(2)16-13(14(15)20)11-19-9-7-18(8-10-19)6-5-17(3)4/h12-13,16H,5-11H2,1-4H3,(H2,15,20). The predicted octanol–water partition coefficient (Wildman–Crippen LogP) is -0.982. The molecule has 0 aromatic rings. The first-order chi connectivity index (χ1) is 9.38. The third kappa shape index (κ3) is 6.65. The SMILES string of the molecule is CC(C)NC(CN1CCN(CCN(C)C)CC1)C(N)=O. The van der Waals surface area contributed by atoms with E-state index in [1.165, 1.54) is 0 Å². The van der Waals surface area contributed by atoms with Gasteiger partial charge in [0, 0.05) is 51.9 Å². The molecule has 1 rings (SSSR count). The van der Waals surface area contributed by atoms with Gasteiger partial charge in [-0.05, 0) is 14.1 Å². The summed E-state index contributed by atoms with van der Waals surface area (Å²) in [7, 11) is 4.20. The van der Waals surface area contributed by atoms with Crippen LogP contribution >= 0.6 is 0 Å². The minimum atomic E-state index is -0.256. The van der Waals surface area contributed by atoms with Crippen molar-refractivity contribution in [3.05, 3.63) is 0 Å². The Bertz CT molecular complexity index is 287. The number of carbonyl (C=O) groups excluding carboxylic acids is 1. The maximum absolute atomic E-state index is 11.5. The molecule has 0 radical (unpaired) electrons. The van der Waals surface area contributed by atoms with Crippen LogP contribution in [0.2, 0.25) is 0 Å². The zero-order valence-corrected chi connectivity index (χ0v) is 13.4. The highest BCUT2D eigenvalue weighted by molar-refractivity contribution is 5.80. The van der Waals surface area contributed by atoms with Crippen LogP contribution in [-0.2, 0) is 4.79 Å². The number of rotatable bonds is 8. The number of hydrogen-bond donors (Lipinski definition) is 2. The number of hydrogen-bond acceptors (Lipinski definition) is 5. The Morgan fingerprint density at radius 1 is 1.20 bits per heavy atom. The van der Waals surface area contributed by atoms with Crippen LogP contribution in [-0.4, -0.2) is 92.6 Å². The van der Waals surface area contributed by atoms with Gasteiger partial charge in [0.25, 0.3) is 0 Å². The van der Waals surface area contributed by atoms with E-state index < -0.39 is 0 Å². The van der Waals surface area contributed by atoms with Gasteiger partial charge in [0.1, 0.15) is 0 Å². The maximum atomic E-state index is 11.5. The molecule has 0 aromatic carbocycles. The lowest BCUT2D eigenvalue weighted by molar-refractivity contribution is -0.120. The number of carbonyl (C=O) groups is 1. The summed E-state index contributed by atoms with van der Waals surface area (Å²) in [5, 5.41) is 3.24. The zero-order valence-electron chi connectivity index (χ0n) is 13.4. The summed E-state index contributed by atoms with van der Waals surface area (Å²) in [6.45, 7) is 11.2. The van der Waals surface area contributed by atoms with Gasteiger partial charge in [-0.15, -0.1) is 0 Å². The smallest absolute Gasteiger partial charge is 0.235 e. The van der Waals surface area contributed by atoms with Crippen molar-refractivity contribution >= 4 is 5.91 Å². The molecule has 1 saturated heterocycles. The van der Waals surface area contributed by atoms with Crippen molar-refractivity contribution in [1.29, 1.82) is 0 Å². The molecular weight excluding hydrogens is 254 g/mol. The third-order valence-corrected chi connectivity index (χ3v) is 3.65. The first-order valence-electron chi connectivity index (χ1n) is 7.53. The maximum Gasteiger partial charge on any atom is 0.235 e. The molecule has 3 N–H and O–H groups in total. The van der Waals surface area contributed by atoms with E-state index in [9.17, 15) is 4.79 Å². The van der Waals surface area contributed by atoms with E-state index >= 15 is 0 Å². The molecule has 0 bridgehead atoms. The van der Waals surface area contributed by atoms with Gasteiger partial charge in [0.15, 0.2) is 0 Å². The van der Waals surface area contributed by atoms with Crippen LogP contribution in [0.5, 0.6) is 0 Å². The Morgan fingerprint density at radius 2 is 1.75 bits per heavy atom. The van der Waals surface area contributed by atoms with E-state index in [2.05, 4.69) is 34.1 Å². The second kappa shape index (κ2) is 8.56. The van der Waals surface area contributed by atoms with Crippen LogP contribution in [0, 0.1) is 0 Å². The predicted molar refractivity (Wildman–Crippen MR) is 82.7 cm³/mol. The van der Waals surface area contributed by atoms with Crippen molar-refractivity contribution < 1.29 is 4.79 Å². The minimum Gasteiger partial charge on any atom is -0.368 e. The molecule has 0 aliphatic carbocycles. The lowest BCUT2D eigenvalue weighted by Crippen LogP contribution is -2.55. The molecular formula is C14H31N5O. The van der Waals surface area contributed by atoms with Gasteiger partial charge in [0.05, 0.1) is 6.04 Å². The largest absolute Gasteiger partial charge is 0.368 e. The normalized spacial score (nSPS) is 19.7. The molecule has 1 atom stereocenters. The topological polar surface area (TPSA) is 64.8 Å². The molecule has 1 aliphatic heterocycles. The molecule has 0 spiro atoms. The van der Waals surface area contributed by atoms with Gasteiger partial charge in [-0.2, -0.15) is 0 Å². The van der Waals surface area contributed by atoms with Crippen molar-refractivity contribution in [1.82, 2.24) is 20.0 Å². The first-order valence-corrected chi connectivity index (χ1v) is 7.53. The quantitative estimate of drug-likeness (QED) is 0.600. The van der Waals surface area contributed by atoms with E-state index in [1.807, 2.05) is 13.8 Å². The molecule has 1 aliphatic rings. The monoisotopic (exact) mass is 285 g/mol. The molecule has 20 heavy (non-hydrogen) atoms. The highest BCUT2D eigenvalue weighted by Crippen LogP contribution is 2.03. The van der Waals surface area contributed by atoms with Crippen LogP contribution in [0.1, 0.15) is 13.8 Å². The summed E-state index contributed by atoms with van der Waals surface area (Å²) in [6, 6.07) is 0.0252. The summed E-state index contributed by atoms with van der Waals surface area (Å²) in [5.41, 5.74) is 5.47. The van der Waals surface area contributed by atoms with Crippen molar-refractivity contribution in [3.8, 4) is 0 Å². The highest BCUT2D eigenvalue weighted by atomic mass is 16.1. The lowest BCUT2D eigenvalue weighted by Gasteiger charge is -2.36. The second-order valence-electron chi connectivity index (χ2n) is 6.22. The van der Waals surface area contributed by atoms with Gasteiger partial charge in [-0.3, -0.25) is 14.6 Å². The first kappa shape index (κ1) is 17.4. The highest BCUT2D eigenvalue weighted by Gasteiger charge is 2.23. The molecule has 1 unspecified atom stereocenters. The van der Waals surface area contributed by atoms with Gasteiger partial charge in [0.2, 0.25) is 5.91 Å². The second-order valence-corrected chi connectivity index (χ2v) is 6.22. The van der Waals surface area contributed by atoms with Crippen molar-refractivity contribution in [2.45, 2.75) is 25.9 Å². The Labute approximate surface area is 123 Å². The van der Waals surface area contributed by atoms with Gasteiger partial charge >= 0.3 is 0 Å². The molecule has 118 valence electrons. The number of nitrogens with two attached hydrogens (primary N) is 1. The third-order valence-electron chi connectivity index (χ3n) is 3.65. The summed E-state index contributed by atoms with van der Waals surface area (Å²) >= 11 is 0. The van der Waals surface area contributed by atoms with Crippen molar-refractivity contribution in [2.75, 3.05) is 59.9 Å². The molecule has 6 nitrogen and oxygen atoms in total. The van der Waals surface area contributed by atoms with Crippen molar-refractivity contribution in [2.24, 2.45) is 5.73 Å². The van der Waals surface area contributed by atoms with Crippen LogP contribution in [0.3, 0.4) is 0 Å². The zero-order chi connectivity index (χ0) is 15.1.